The highest BCUT2D eigenvalue weighted by Gasteiger charge is 2.13. The zero-order valence-electron chi connectivity index (χ0n) is 11.8. The Kier molecular flexibility index (Phi) is 5.70. The minimum atomic E-state index is 0.546. The van der Waals surface area contributed by atoms with Crippen molar-refractivity contribution in [3.63, 3.8) is 0 Å². The molecule has 1 atom stereocenters. The molecule has 3 nitrogen and oxygen atoms in total. The maximum Gasteiger partial charge on any atom is 0.188 e. The van der Waals surface area contributed by atoms with Crippen LogP contribution in [0.3, 0.4) is 0 Å². The molecule has 0 bridgehead atoms. The van der Waals surface area contributed by atoms with Gasteiger partial charge in [-0.05, 0) is 36.6 Å². The second-order valence-corrected chi connectivity index (χ2v) is 6.63. The smallest absolute Gasteiger partial charge is 0.188 e. The predicted octanol–water partition coefficient (Wildman–Crippen LogP) is 3.16. The largest absolute Gasteiger partial charge is 0.370 e. The van der Waals surface area contributed by atoms with Crippen LogP contribution >= 0.6 is 11.3 Å². The van der Waals surface area contributed by atoms with E-state index in [9.17, 15) is 0 Å². The molecule has 1 unspecified atom stereocenters. The van der Waals surface area contributed by atoms with Gasteiger partial charge in [-0.3, -0.25) is 4.99 Å². The van der Waals surface area contributed by atoms with Crippen LogP contribution in [0, 0.1) is 5.92 Å². The van der Waals surface area contributed by atoms with E-state index >= 15 is 0 Å². The van der Waals surface area contributed by atoms with Gasteiger partial charge < -0.3 is 11.1 Å². The Hall–Kier alpha value is -1.03. The Morgan fingerprint density at radius 3 is 2.95 bits per heavy atom. The van der Waals surface area contributed by atoms with Crippen LogP contribution in [0.2, 0.25) is 0 Å². The highest BCUT2D eigenvalue weighted by Crippen LogP contribution is 2.17. The van der Waals surface area contributed by atoms with Crippen LogP contribution in [0.25, 0.3) is 0 Å². The van der Waals surface area contributed by atoms with Crippen molar-refractivity contribution in [3.8, 4) is 0 Å². The molecule has 1 saturated carbocycles. The minimum Gasteiger partial charge on any atom is -0.370 e. The fraction of sp³-hybridized carbons (Fsp3) is 0.667. The van der Waals surface area contributed by atoms with Gasteiger partial charge in [-0.15, -0.1) is 11.3 Å². The molecule has 1 aliphatic carbocycles. The Morgan fingerprint density at radius 2 is 2.26 bits per heavy atom. The molecule has 0 aromatic carbocycles. The SMILES string of the molecule is CC(CN=C(N)NC1CCCCC1)Cc1cccs1. The van der Waals surface area contributed by atoms with E-state index in [1.165, 1.54) is 37.0 Å². The maximum absolute atomic E-state index is 5.97. The van der Waals surface area contributed by atoms with E-state index in [4.69, 9.17) is 5.73 Å². The molecular formula is C15H25N3S. The van der Waals surface area contributed by atoms with Crippen molar-refractivity contribution >= 4 is 17.3 Å². The fourth-order valence-corrected chi connectivity index (χ4v) is 3.46. The number of thiophene rings is 1. The molecule has 1 aromatic rings. The second-order valence-electron chi connectivity index (χ2n) is 5.59. The first-order valence-corrected chi connectivity index (χ1v) is 8.21. The van der Waals surface area contributed by atoms with Gasteiger partial charge >= 0.3 is 0 Å². The van der Waals surface area contributed by atoms with Gasteiger partial charge in [0.1, 0.15) is 0 Å². The zero-order valence-corrected chi connectivity index (χ0v) is 12.6. The number of hydrogen-bond acceptors (Lipinski definition) is 2. The van der Waals surface area contributed by atoms with Crippen LogP contribution in [0.1, 0.15) is 43.9 Å². The third kappa shape index (κ3) is 5.23. The lowest BCUT2D eigenvalue weighted by atomic mass is 9.96. The van der Waals surface area contributed by atoms with E-state index < -0.39 is 0 Å². The summed E-state index contributed by atoms with van der Waals surface area (Å²) in [5.41, 5.74) is 5.97. The molecule has 0 aliphatic heterocycles. The first-order valence-electron chi connectivity index (χ1n) is 7.33. The summed E-state index contributed by atoms with van der Waals surface area (Å²) in [5.74, 6) is 1.18. The standard InChI is InChI=1S/C15H25N3S/c1-12(10-14-8-5-9-19-14)11-17-15(16)18-13-6-3-2-4-7-13/h5,8-9,12-13H,2-4,6-7,10-11H2,1H3,(H3,16,17,18). The van der Waals surface area contributed by atoms with E-state index in [2.05, 4.69) is 34.7 Å². The molecular weight excluding hydrogens is 254 g/mol. The first kappa shape index (κ1) is 14.4. The summed E-state index contributed by atoms with van der Waals surface area (Å²) in [6, 6.07) is 4.84. The Balaban J connectivity index is 1.71. The van der Waals surface area contributed by atoms with Crippen molar-refractivity contribution in [2.75, 3.05) is 6.54 Å². The average Bonchev–Trinajstić information content (AvgIpc) is 2.90. The van der Waals surface area contributed by atoms with Gasteiger partial charge in [0.25, 0.3) is 0 Å². The van der Waals surface area contributed by atoms with E-state index in [-0.39, 0.29) is 0 Å². The van der Waals surface area contributed by atoms with Gasteiger partial charge in [0, 0.05) is 17.5 Å². The topological polar surface area (TPSA) is 50.4 Å². The lowest BCUT2D eigenvalue weighted by Crippen LogP contribution is -2.41. The molecule has 4 heteroatoms. The quantitative estimate of drug-likeness (QED) is 0.642. The number of nitrogens with two attached hydrogens (primary N) is 1. The monoisotopic (exact) mass is 279 g/mol. The maximum atomic E-state index is 5.97. The van der Waals surface area contributed by atoms with Gasteiger partial charge in [-0.1, -0.05) is 32.3 Å². The van der Waals surface area contributed by atoms with Crippen molar-refractivity contribution in [3.05, 3.63) is 22.4 Å². The number of nitrogens with one attached hydrogen (secondary N) is 1. The van der Waals surface area contributed by atoms with Crippen LogP contribution in [0.5, 0.6) is 0 Å². The van der Waals surface area contributed by atoms with E-state index in [1.807, 2.05) is 11.3 Å². The molecule has 19 heavy (non-hydrogen) atoms. The molecule has 0 saturated heterocycles. The minimum absolute atomic E-state index is 0.546. The summed E-state index contributed by atoms with van der Waals surface area (Å²) >= 11 is 1.82. The van der Waals surface area contributed by atoms with Crippen LogP contribution in [0.15, 0.2) is 22.5 Å². The Bertz CT molecular complexity index is 380. The van der Waals surface area contributed by atoms with E-state index in [0.717, 1.165) is 13.0 Å². The normalized spacial score (nSPS) is 19.3. The van der Waals surface area contributed by atoms with Crippen LogP contribution in [0.4, 0.5) is 0 Å². The molecule has 0 radical (unpaired) electrons. The molecule has 1 aliphatic rings. The van der Waals surface area contributed by atoms with Crippen molar-refractivity contribution < 1.29 is 0 Å². The lowest BCUT2D eigenvalue weighted by molar-refractivity contribution is 0.412. The molecule has 0 amide bonds. The summed E-state index contributed by atoms with van der Waals surface area (Å²) < 4.78 is 0. The average molecular weight is 279 g/mol. The van der Waals surface area contributed by atoms with Gasteiger partial charge in [0.15, 0.2) is 5.96 Å². The molecule has 2 rings (SSSR count). The Morgan fingerprint density at radius 1 is 1.47 bits per heavy atom. The highest BCUT2D eigenvalue weighted by atomic mass is 32.1. The third-order valence-electron chi connectivity index (χ3n) is 3.66. The van der Waals surface area contributed by atoms with Crippen LogP contribution in [-0.4, -0.2) is 18.5 Å². The highest BCUT2D eigenvalue weighted by molar-refractivity contribution is 7.09. The van der Waals surface area contributed by atoms with Crippen molar-refractivity contribution in [1.29, 1.82) is 0 Å². The number of hydrogen-bond donors (Lipinski definition) is 2. The summed E-state index contributed by atoms with van der Waals surface area (Å²) in [6.45, 7) is 3.04. The summed E-state index contributed by atoms with van der Waals surface area (Å²) in [4.78, 5) is 5.92. The molecule has 1 aromatic heterocycles. The van der Waals surface area contributed by atoms with Crippen molar-refractivity contribution in [2.45, 2.75) is 51.5 Å². The molecule has 106 valence electrons. The molecule has 0 spiro atoms. The fourth-order valence-electron chi connectivity index (χ4n) is 2.59. The van der Waals surface area contributed by atoms with Gasteiger partial charge in [-0.2, -0.15) is 0 Å². The summed E-state index contributed by atoms with van der Waals surface area (Å²) in [6.07, 6.45) is 7.58. The first-order chi connectivity index (χ1) is 9.24. The van der Waals surface area contributed by atoms with Crippen molar-refractivity contribution in [2.24, 2.45) is 16.6 Å². The molecule has 1 heterocycles. The number of rotatable bonds is 5. The Labute approximate surface area is 120 Å². The molecule has 3 N–H and O–H groups in total. The number of nitrogens with zero attached hydrogens (tertiary/aromatic N) is 1. The number of guanidine groups is 1. The third-order valence-corrected chi connectivity index (χ3v) is 4.56. The van der Waals surface area contributed by atoms with Gasteiger partial charge in [0.05, 0.1) is 0 Å². The van der Waals surface area contributed by atoms with Crippen LogP contribution < -0.4 is 11.1 Å². The van der Waals surface area contributed by atoms with E-state index in [1.54, 1.807) is 0 Å². The lowest BCUT2D eigenvalue weighted by Gasteiger charge is -2.23. The summed E-state index contributed by atoms with van der Waals surface area (Å²) in [7, 11) is 0. The van der Waals surface area contributed by atoms with E-state index in [0.29, 0.717) is 17.9 Å². The zero-order chi connectivity index (χ0) is 13.5. The number of aliphatic imine (C=N–C) groups is 1. The van der Waals surface area contributed by atoms with Gasteiger partial charge in [-0.25, -0.2) is 0 Å². The van der Waals surface area contributed by atoms with Gasteiger partial charge in [0.2, 0.25) is 0 Å². The van der Waals surface area contributed by atoms with Crippen LogP contribution in [-0.2, 0) is 6.42 Å². The predicted molar refractivity (Wildman–Crippen MR) is 83.7 cm³/mol. The summed E-state index contributed by atoms with van der Waals surface area (Å²) in [5, 5.41) is 5.49. The second kappa shape index (κ2) is 7.53. The molecule has 1 fully saturated rings. The van der Waals surface area contributed by atoms with Crippen molar-refractivity contribution in [1.82, 2.24) is 5.32 Å².